The van der Waals surface area contributed by atoms with Gasteiger partial charge in [0.05, 0.1) is 11.8 Å². The van der Waals surface area contributed by atoms with Crippen LogP contribution in [0.25, 0.3) is 0 Å². The smallest absolute Gasteiger partial charge is 0.336 e. The molecule has 0 saturated heterocycles. The first-order valence-corrected chi connectivity index (χ1v) is 12.4. The molecule has 2 fully saturated rings. The molecule has 12 heteroatoms. The number of halogens is 4. The third kappa shape index (κ3) is 7.12. The van der Waals surface area contributed by atoms with Crippen molar-refractivity contribution >= 4 is 15.9 Å². The van der Waals surface area contributed by atoms with Crippen molar-refractivity contribution in [2.75, 3.05) is 5.75 Å². The minimum Gasteiger partial charge on any atom is -0.336 e. The summed E-state index contributed by atoms with van der Waals surface area (Å²) in [6.07, 6.45) is -0.369. The lowest BCUT2D eigenvalue weighted by Crippen LogP contribution is -2.55. The van der Waals surface area contributed by atoms with Gasteiger partial charge >= 0.3 is 6.18 Å². The highest BCUT2D eigenvalue weighted by Gasteiger charge is 2.48. The van der Waals surface area contributed by atoms with Crippen LogP contribution in [0.2, 0.25) is 0 Å². The molecule has 1 amide bonds. The standard InChI is InChI=1S/C21H26F4N4O3S/c22-15-8-6-14(7-9-15)18(21(23,24)25)27-17(19(30)28-20(13-26)10-11-20)12-33(31,32)29-16-4-2-1-3-5-16/h6-9,16-18,27,29H,1-5,10-12H2,(H,28,30)/t17-,18-/m0/s1. The Labute approximate surface area is 190 Å². The average molecular weight is 491 g/mol. The van der Waals surface area contributed by atoms with E-state index in [1.807, 2.05) is 6.07 Å². The minimum absolute atomic E-state index is 0.329. The van der Waals surface area contributed by atoms with Crippen LogP contribution < -0.4 is 15.4 Å². The summed E-state index contributed by atoms with van der Waals surface area (Å²) >= 11 is 0. The molecule has 3 rings (SSSR count). The van der Waals surface area contributed by atoms with E-state index in [2.05, 4.69) is 15.4 Å². The summed E-state index contributed by atoms with van der Waals surface area (Å²) in [7, 11) is -4.13. The number of sulfonamides is 1. The lowest BCUT2D eigenvalue weighted by Gasteiger charge is -2.29. The summed E-state index contributed by atoms with van der Waals surface area (Å²) in [5.41, 5.74) is -1.57. The van der Waals surface area contributed by atoms with Gasteiger partial charge in [0.1, 0.15) is 23.4 Å². The predicted molar refractivity (Wildman–Crippen MR) is 112 cm³/mol. The van der Waals surface area contributed by atoms with Gasteiger partial charge in [-0.1, -0.05) is 31.4 Å². The lowest BCUT2D eigenvalue weighted by molar-refractivity contribution is -0.160. The zero-order chi connectivity index (χ0) is 24.3. The van der Waals surface area contributed by atoms with Crippen LogP contribution in [-0.2, 0) is 14.8 Å². The molecular weight excluding hydrogens is 464 g/mol. The predicted octanol–water partition coefficient (Wildman–Crippen LogP) is 2.81. The quantitative estimate of drug-likeness (QED) is 0.461. The Kier molecular flexibility index (Phi) is 7.65. The van der Waals surface area contributed by atoms with E-state index >= 15 is 0 Å². The number of benzene rings is 1. The van der Waals surface area contributed by atoms with E-state index < -0.39 is 51.3 Å². The second kappa shape index (κ2) is 9.95. The fourth-order valence-corrected chi connectivity index (χ4v) is 5.42. The molecule has 0 aliphatic heterocycles. The molecule has 0 unspecified atom stereocenters. The van der Waals surface area contributed by atoms with Gasteiger partial charge in [-0.2, -0.15) is 18.4 Å². The maximum Gasteiger partial charge on any atom is 0.407 e. The molecular formula is C21H26F4N4O3S. The van der Waals surface area contributed by atoms with Crippen molar-refractivity contribution in [2.24, 2.45) is 0 Å². The normalized spacial score (nSPS) is 20.5. The molecule has 2 atom stereocenters. The largest absolute Gasteiger partial charge is 0.407 e. The van der Waals surface area contributed by atoms with Gasteiger partial charge in [-0.05, 0) is 43.4 Å². The van der Waals surface area contributed by atoms with Crippen molar-refractivity contribution in [1.82, 2.24) is 15.4 Å². The molecule has 2 saturated carbocycles. The molecule has 33 heavy (non-hydrogen) atoms. The van der Waals surface area contributed by atoms with Crippen molar-refractivity contribution in [3.05, 3.63) is 35.6 Å². The summed E-state index contributed by atoms with van der Waals surface area (Å²) < 4.78 is 82.8. The highest BCUT2D eigenvalue weighted by molar-refractivity contribution is 7.89. The average Bonchev–Trinajstić information content (AvgIpc) is 3.51. The zero-order valence-electron chi connectivity index (χ0n) is 17.8. The first kappa shape index (κ1) is 25.4. The van der Waals surface area contributed by atoms with Crippen LogP contribution >= 0.6 is 0 Å². The minimum atomic E-state index is -4.90. The molecule has 1 aromatic rings. The Bertz CT molecular complexity index is 982. The molecule has 0 bridgehead atoms. The van der Waals surface area contributed by atoms with Gasteiger partial charge in [0.2, 0.25) is 15.9 Å². The number of alkyl halides is 3. The number of nitriles is 1. The fraction of sp³-hybridized carbons (Fsp3) is 0.619. The van der Waals surface area contributed by atoms with Gasteiger partial charge in [0.15, 0.2) is 0 Å². The van der Waals surface area contributed by atoms with Crippen molar-refractivity contribution in [3.8, 4) is 6.07 Å². The van der Waals surface area contributed by atoms with E-state index in [-0.39, 0.29) is 11.6 Å². The highest BCUT2D eigenvalue weighted by Crippen LogP contribution is 2.35. The van der Waals surface area contributed by atoms with Crippen LogP contribution in [-0.4, -0.2) is 43.9 Å². The molecule has 182 valence electrons. The fourth-order valence-electron chi connectivity index (χ4n) is 3.89. The summed E-state index contributed by atoms with van der Waals surface area (Å²) in [6.45, 7) is 0. The molecule has 3 N–H and O–H groups in total. The van der Waals surface area contributed by atoms with E-state index in [1.54, 1.807) is 0 Å². The third-order valence-electron chi connectivity index (χ3n) is 5.88. The summed E-state index contributed by atoms with van der Waals surface area (Å²) in [4.78, 5) is 12.8. The Morgan fingerprint density at radius 1 is 1.15 bits per heavy atom. The number of carbonyl (C=O) groups excluding carboxylic acids is 1. The first-order valence-electron chi connectivity index (χ1n) is 10.7. The summed E-state index contributed by atoms with van der Waals surface area (Å²) in [6, 6.07) is 0.879. The van der Waals surface area contributed by atoms with E-state index in [9.17, 15) is 36.0 Å². The van der Waals surface area contributed by atoms with Crippen molar-refractivity contribution in [1.29, 1.82) is 5.26 Å². The second-order valence-corrected chi connectivity index (χ2v) is 10.5. The maximum atomic E-state index is 13.8. The van der Waals surface area contributed by atoms with Crippen LogP contribution in [0.1, 0.15) is 56.6 Å². The van der Waals surface area contributed by atoms with Crippen molar-refractivity contribution in [2.45, 2.75) is 74.8 Å². The maximum absolute atomic E-state index is 13.8. The molecule has 0 radical (unpaired) electrons. The van der Waals surface area contributed by atoms with Gasteiger partial charge < -0.3 is 5.32 Å². The van der Waals surface area contributed by atoms with E-state index in [0.717, 1.165) is 43.5 Å². The monoisotopic (exact) mass is 490 g/mol. The number of amides is 1. The topological polar surface area (TPSA) is 111 Å². The lowest BCUT2D eigenvalue weighted by atomic mass is 9.96. The van der Waals surface area contributed by atoms with E-state index in [0.29, 0.717) is 25.7 Å². The van der Waals surface area contributed by atoms with Gasteiger partial charge in [-0.25, -0.2) is 17.5 Å². The molecule has 7 nitrogen and oxygen atoms in total. The van der Waals surface area contributed by atoms with Gasteiger partial charge in [-0.15, -0.1) is 0 Å². The number of hydrogen-bond acceptors (Lipinski definition) is 5. The van der Waals surface area contributed by atoms with Crippen LogP contribution in [0.15, 0.2) is 24.3 Å². The first-order chi connectivity index (χ1) is 15.4. The van der Waals surface area contributed by atoms with E-state index in [4.69, 9.17) is 0 Å². The molecule has 0 aromatic heterocycles. The SMILES string of the molecule is N#CC1(NC(=O)[C@H](CS(=O)(=O)NC2CCCCC2)N[C@@H](c2ccc(F)cc2)C(F)(F)F)CC1. The van der Waals surface area contributed by atoms with Gasteiger partial charge in [-0.3, -0.25) is 10.1 Å². The summed E-state index contributed by atoms with van der Waals surface area (Å²) in [5, 5.41) is 13.7. The zero-order valence-corrected chi connectivity index (χ0v) is 18.6. The van der Waals surface area contributed by atoms with Crippen LogP contribution in [0.4, 0.5) is 17.6 Å². The van der Waals surface area contributed by atoms with Crippen LogP contribution in [0, 0.1) is 17.1 Å². The third-order valence-corrected chi connectivity index (χ3v) is 7.34. The molecule has 0 spiro atoms. The Hall–Kier alpha value is -2.23. The molecule has 2 aliphatic carbocycles. The van der Waals surface area contributed by atoms with Crippen LogP contribution in [0.3, 0.4) is 0 Å². The van der Waals surface area contributed by atoms with Gasteiger partial charge in [0.25, 0.3) is 0 Å². The molecule has 0 heterocycles. The molecule has 1 aromatic carbocycles. The number of nitrogens with zero attached hydrogens (tertiary/aromatic N) is 1. The number of hydrogen-bond donors (Lipinski definition) is 3. The number of rotatable bonds is 9. The number of carbonyl (C=O) groups is 1. The van der Waals surface area contributed by atoms with Gasteiger partial charge in [0, 0.05) is 6.04 Å². The Morgan fingerprint density at radius 2 is 1.76 bits per heavy atom. The van der Waals surface area contributed by atoms with Crippen LogP contribution in [0.5, 0.6) is 0 Å². The second-order valence-electron chi connectivity index (χ2n) is 8.66. The Morgan fingerprint density at radius 3 is 2.27 bits per heavy atom. The van der Waals surface area contributed by atoms with E-state index in [1.165, 1.54) is 0 Å². The van der Waals surface area contributed by atoms with Crippen molar-refractivity contribution < 1.29 is 30.8 Å². The molecule has 2 aliphatic rings. The summed E-state index contributed by atoms with van der Waals surface area (Å²) in [5.74, 6) is -2.69. The van der Waals surface area contributed by atoms with Crippen molar-refractivity contribution in [3.63, 3.8) is 0 Å². The highest BCUT2D eigenvalue weighted by atomic mass is 32.2. The Balaban J connectivity index is 1.84. The number of nitrogens with one attached hydrogen (secondary N) is 3.